The molecule has 6 heteroatoms. The van der Waals surface area contributed by atoms with Crippen LogP contribution in [-0.2, 0) is 0 Å². The summed E-state index contributed by atoms with van der Waals surface area (Å²) in [7, 11) is 1.11. The molecule has 0 radical (unpaired) electrons. The van der Waals surface area contributed by atoms with Crippen molar-refractivity contribution >= 4 is 34.2 Å². The van der Waals surface area contributed by atoms with Gasteiger partial charge in [-0.15, -0.1) is 11.7 Å². The number of benzene rings is 1. The molecule has 1 N–H and O–H groups in total. The van der Waals surface area contributed by atoms with Crippen LogP contribution in [-0.4, -0.2) is 10.2 Å². The summed E-state index contributed by atoms with van der Waals surface area (Å²) in [5.41, 5.74) is 0.909. The SMILES string of the molecule is SSc1nnc(Nc2ccccc2)o1. The molecular weight excluding hydrogens is 218 g/mol. The van der Waals surface area contributed by atoms with E-state index < -0.39 is 0 Å². The lowest BCUT2D eigenvalue weighted by Gasteiger charge is -1.98. The number of para-hydroxylation sites is 1. The van der Waals surface area contributed by atoms with Gasteiger partial charge in [0.2, 0.25) is 0 Å². The van der Waals surface area contributed by atoms with Crippen LogP contribution in [0.2, 0.25) is 0 Å². The molecular formula is C8H7N3OS2. The van der Waals surface area contributed by atoms with Crippen molar-refractivity contribution in [1.82, 2.24) is 10.2 Å². The van der Waals surface area contributed by atoms with Crippen LogP contribution >= 0.6 is 22.5 Å². The molecule has 0 atom stereocenters. The third-order valence-electron chi connectivity index (χ3n) is 1.51. The molecule has 14 heavy (non-hydrogen) atoms. The fourth-order valence-corrected chi connectivity index (χ4v) is 1.36. The number of hydrogen-bond donors (Lipinski definition) is 2. The summed E-state index contributed by atoms with van der Waals surface area (Å²) in [6.07, 6.45) is 0. The molecule has 1 heterocycles. The van der Waals surface area contributed by atoms with Gasteiger partial charge in [-0.1, -0.05) is 28.4 Å². The average molecular weight is 225 g/mol. The Bertz CT molecular complexity index is 404. The largest absolute Gasteiger partial charge is 0.397 e. The van der Waals surface area contributed by atoms with Crippen molar-refractivity contribution in [3.8, 4) is 0 Å². The predicted octanol–water partition coefficient (Wildman–Crippen LogP) is 2.75. The number of thiol groups is 1. The number of hydrogen-bond acceptors (Lipinski definition) is 6. The van der Waals surface area contributed by atoms with Gasteiger partial charge in [0, 0.05) is 16.5 Å². The highest BCUT2D eigenvalue weighted by Crippen LogP contribution is 2.22. The van der Waals surface area contributed by atoms with Crippen LogP contribution in [0.4, 0.5) is 11.7 Å². The van der Waals surface area contributed by atoms with Gasteiger partial charge in [-0.2, -0.15) is 0 Å². The molecule has 2 rings (SSSR count). The Morgan fingerprint density at radius 2 is 2.00 bits per heavy atom. The van der Waals surface area contributed by atoms with E-state index in [4.69, 9.17) is 4.42 Å². The van der Waals surface area contributed by atoms with E-state index in [9.17, 15) is 0 Å². The van der Waals surface area contributed by atoms with E-state index in [2.05, 4.69) is 27.2 Å². The van der Waals surface area contributed by atoms with Crippen LogP contribution < -0.4 is 5.32 Å². The van der Waals surface area contributed by atoms with Crippen molar-refractivity contribution in [2.45, 2.75) is 5.22 Å². The second-order valence-electron chi connectivity index (χ2n) is 2.46. The molecule has 0 bridgehead atoms. The third kappa shape index (κ3) is 2.21. The standard InChI is InChI=1S/C8H7N3OS2/c13-14-8-11-10-7(12-8)9-6-4-2-1-3-5-6/h1-5,13H,(H,9,10). The van der Waals surface area contributed by atoms with E-state index in [1.807, 2.05) is 30.3 Å². The zero-order valence-corrected chi connectivity index (χ0v) is 8.76. The molecule has 4 nitrogen and oxygen atoms in total. The minimum atomic E-state index is 0.368. The maximum atomic E-state index is 5.19. The normalized spacial score (nSPS) is 10.1. The number of aromatic nitrogens is 2. The van der Waals surface area contributed by atoms with E-state index in [0.717, 1.165) is 16.5 Å². The molecule has 1 aromatic heterocycles. The van der Waals surface area contributed by atoms with Gasteiger partial charge in [-0.05, 0) is 12.1 Å². The van der Waals surface area contributed by atoms with Crippen LogP contribution in [0, 0.1) is 0 Å². The molecule has 72 valence electrons. The summed E-state index contributed by atoms with van der Waals surface area (Å²) in [5.74, 6) is 0. The highest BCUT2D eigenvalue weighted by Gasteiger charge is 2.04. The predicted molar refractivity (Wildman–Crippen MR) is 58.9 cm³/mol. The molecule has 2 aromatic rings. The Labute approximate surface area is 89.9 Å². The first-order chi connectivity index (χ1) is 6.88. The van der Waals surface area contributed by atoms with Gasteiger partial charge in [-0.3, -0.25) is 0 Å². The van der Waals surface area contributed by atoms with Crippen LogP contribution in [0.15, 0.2) is 40.0 Å². The van der Waals surface area contributed by atoms with Crippen LogP contribution in [0.3, 0.4) is 0 Å². The van der Waals surface area contributed by atoms with Crippen molar-refractivity contribution < 1.29 is 4.42 Å². The van der Waals surface area contributed by atoms with Crippen molar-refractivity contribution in [1.29, 1.82) is 0 Å². The van der Waals surface area contributed by atoms with Crippen molar-refractivity contribution in [2.75, 3.05) is 5.32 Å². The summed E-state index contributed by atoms with van der Waals surface area (Å²) in [6.45, 7) is 0. The number of anilines is 2. The second kappa shape index (κ2) is 4.39. The van der Waals surface area contributed by atoms with Crippen molar-refractivity contribution in [3.05, 3.63) is 30.3 Å². The molecule has 0 unspecified atom stereocenters. The third-order valence-corrected chi connectivity index (χ3v) is 2.30. The van der Waals surface area contributed by atoms with E-state index in [0.29, 0.717) is 11.2 Å². The molecule has 0 aliphatic carbocycles. The monoisotopic (exact) mass is 225 g/mol. The maximum absolute atomic E-state index is 5.19. The first-order valence-electron chi connectivity index (χ1n) is 3.85. The number of nitrogens with one attached hydrogen (secondary N) is 1. The highest BCUT2D eigenvalue weighted by atomic mass is 33.1. The summed E-state index contributed by atoms with van der Waals surface area (Å²) in [5, 5.41) is 10.9. The topological polar surface area (TPSA) is 51.0 Å². The Hall–Kier alpha value is -1.14. The van der Waals surface area contributed by atoms with Crippen molar-refractivity contribution in [3.63, 3.8) is 0 Å². The minimum absolute atomic E-state index is 0.368. The summed E-state index contributed by atoms with van der Waals surface area (Å²) >= 11 is 3.94. The van der Waals surface area contributed by atoms with Gasteiger partial charge >= 0.3 is 6.01 Å². The molecule has 1 aromatic carbocycles. The fraction of sp³-hybridized carbons (Fsp3) is 0. The first kappa shape index (κ1) is 9.42. The minimum Gasteiger partial charge on any atom is -0.397 e. The van der Waals surface area contributed by atoms with Crippen molar-refractivity contribution in [2.24, 2.45) is 0 Å². The summed E-state index contributed by atoms with van der Waals surface area (Å²) < 4.78 is 5.19. The Morgan fingerprint density at radius 1 is 1.21 bits per heavy atom. The molecule has 0 aliphatic rings. The lowest BCUT2D eigenvalue weighted by Crippen LogP contribution is -1.88. The van der Waals surface area contributed by atoms with Gasteiger partial charge < -0.3 is 9.73 Å². The molecule has 0 spiro atoms. The zero-order valence-electron chi connectivity index (χ0n) is 7.04. The Morgan fingerprint density at radius 3 is 2.64 bits per heavy atom. The fourth-order valence-electron chi connectivity index (χ4n) is 0.942. The average Bonchev–Trinajstić information content (AvgIpc) is 2.67. The van der Waals surface area contributed by atoms with Crippen LogP contribution in [0.5, 0.6) is 0 Å². The van der Waals surface area contributed by atoms with Gasteiger partial charge in [0.25, 0.3) is 5.22 Å². The van der Waals surface area contributed by atoms with E-state index in [-0.39, 0.29) is 0 Å². The molecule has 0 fully saturated rings. The number of nitrogens with zero attached hydrogens (tertiary/aromatic N) is 2. The molecule has 0 saturated heterocycles. The number of rotatable bonds is 3. The van der Waals surface area contributed by atoms with Crippen LogP contribution in [0.1, 0.15) is 0 Å². The van der Waals surface area contributed by atoms with Gasteiger partial charge in [0.05, 0.1) is 0 Å². The lowest BCUT2D eigenvalue weighted by molar-refractivity contribution is 0.470. The quantitative estimate of drug-likeness (QED) is 0.621. The van der Waals surface area contributed by atoms with Crippen LogP contribution in [0.25, 0.3) is 0 Å². The Kier molecular flexibility index (Phi) is 2.95. The highest BCUT2D eigenvalue weighted by molar-refractivity contribution is 8.68. The van der Waals surface area contributed by atoms with E-state index in [1.165, 1.54) is 0 Å². The summed E-state index contributed by atoms with van der Waals surface area (Å²) in [6, 6.07) is 9.98. The lowest BCUT2D eigenvalue weighted by atomic mass is 10.3. The molecule has 0 saturated carbocycles. The second-order valence-corrected chi connectivity index (χ2v) is 3.53. The maximum Gasteiger partial charge on any atom is 0.320 e. The zero-order chi connectivity index (χ0) is 9.80. The smallest absolute Gasteiger partial charge is 0.320 e. The van der Waals surface area contributed by atoms with E-state index in [1.54, 1.807) is 0 Å². The first-order valence-corrected chi connectivity index (χ1v) is 5.72. The molecule has 0 amide bonds. The molecule has 0 aliphatic heterocycles. The Balaban J connectivity index is 2.11. The van der Waals surface area contributed by atoms with Gasteiger partial charge in [-0.25, -0.2) is 0 Å². The van der Waals surface area contributed by atoms with Gasteiger partial charge in [0.15, 0.2) is 0 Å². The summed E-state index contributed by atoms with van der Waals surface area (Å²) in [4.78, 5) is 0. The van der Waals surface area contributed by atoms with Gasteiger partial charge in [0.1, 0.15) is 0 Å². The van der Waals surface area contributed by atoms with E-state index >= 15 is 0 Å².